The van der Waals surface area contributed by atoms with Crippen LogP contribution in [0.1, 0.15) is 77.2 Å². The van der Waals surface area contributed by atoms with E-state index in [-0.39, 0.29) is 23.6 Å². The van der Waals surface area contributed by atoms with Gasteiger partial charge in [-0.2, -0.15) is 0 Å². The van der Waals surface area contributed by atoms with Gasteiger partial charge in [0.05, 0.1) is 25.3 Å². The van der Waals surface area contributed by atoms with E-state index in [0.29, 0.717) is 31.1 Å². The van der Waals surface area contributed by atoms with Gasteiger partial charge in [-0.15, -0.1) is 5.06 Å². The van der Waals surface area contributed by atoms with Gasteiger partial charge in [0.15, 0.2) is 0 Å². The van der Waals surface area contributed by atoms with Crippen molar-refractivity contribution in [1.29, 1.82) is 0 Å². The molecule has 1 N–H and O–H groups in total. The van der Waals surface area contributed by atoms with E-state index in [2.05, 4.69) is 46.1 Å². The topological polar surface area (TPSA) is 86.3 Å². The summed E-state index contributed by atoms with van der Waals surface area (Å²) in [5.41, 5.74) is 0.905. The van der Waals surface area contributed by atoms with E-state index in [1.807, 2.05) is 42.5 Å². The maximum Gasteiger partial charge on any atom is 0.528 e. The second-order valence-electron chi connectivity index (χ2n) is 13.5. The molecule has 1 aliphatic heterocycles. The first-order chi connectivity index (χ1) is 19.6. The zero-order valence-corrected chi connectivity index (χ0v) is 27.9. The molecule has 1 amide bonds. The largest absolute Gasteiger partial charge is 0.543 e. The highest BCUT2D eigenvalue weighted by Gasteiger charge is 2.45. The Morgan fingerprint density at radius 2 is 1.64 bits per heavy atom. The maximum absolute atomic E-state index is 13.5. The summed E-state index contributed by atoms with van der Waals surface area (Å²) in [6, 6.07) is 16.9. The smallest absolute Gasteiger partial charge is 0.528 e. The molecule has 1 heterocycles. The van der Waals surface area contributed by atoms with Crippen molar-refractivity contribution in [3.05, 3.63) is 65.7 Å². The molecule has 0 aromatic heterocycles. The van der Waals surface area contributed by atoms with E-state index >= 15 is 0 Å². The van der Waals surface area contributed by atoms with Gasteiger partial charge in [-0.05, 0) is 87.5 Å². The molecule has 8 nitrogen and oxygen atoms in total. The average molecular weight is 599 g/mol. The van der Waals surface area contributed by atoms with Gasteiger partial charge in [0.2, 0.25) is 0 Å². The molecule has 1 fully saturated rings. The lowest BCUT2D eigenvalue weighted by Gasteiger charge is -2.42. The van der Waals surface area contributed by atoms with Crippen molar-refractivity contribution < 1.29 is 28.3 Å². The molecular weight excluding hydrogens is 548 g/mol. The van der Waals surface area contributed by atoms with Crippen LogP contribution in [0.15, 0.2) is 54.6 Å². The first-order valence-electron chi connectivity index (χ1n) is 15.0. The van der Waals surface area contributed by atoms with E-state index in [1.165, 1.54) is 0 Å². The summed E-state index contributed by atoms with van der Waals surface area (Å²) in [6.07, 6.45) is 0.393. The Bertz CT molecular complexity index is 1160. The van der Waals surface area contributed by atoms with Gasteiger partial charge in [-0.1, -0.05) is 58.0 Å². The van der Waals surface area contributed by atoms with E-state index in [0.717, 1.165) is 17.7 Å². The normalized spacial score (nSPS) is 18.7. The summed E-state index contributed by atoms with van der Waals surface area (Å²) in [5, 5.41) is 4.78. The first kappa shape index (κ1) is 33.6. The fourth-order valence-corrected chi connectivity index (χ4v) is 7.10. The van der Waals surface area contributed by atoms with Crippen LogP contribution in [0.3, 0.4) is 0 Å². The Balaban J connectivity index is 1.73. The second-order valence-corrected chi connectivity index (χ2v) is 18.0. The van der Waals surface area contributed by atoms with Gasteiger partial charge in [0.25, 0.3) is 14.2 Å². The molecule has 9 heteroatoms. The Morgan fingerprint density at radius 3 is 2.24 bits per heavy atom. The summed E-state index contributed by atoms with van der Waals surface area (Å²) < 4.78 is 18.2. The number of nitrogens with zero attached hydrogens (tertiary/aromatic N) is 1. The predicted molar refractivity (Wildman–Crippen MR) is 168 cm³/mol. The molecule has 0 spiro atoms. The van der Waals surface area contributed by atoms with Crippen molar-refractivity contribution in [3.8, 4) is 5.75 Å². The number of benzene rings is 2. The predicted octanol–water partition coefficient (Wildman–Crippen LogP) is 7.35. The SMILES string of the molecule is CC(C)C(C)(C)[Si](C)(C)Oc1ccc(C(=O)N[C@@H]2CN(OC(=O)OC(C)(C)C)CCC[C@H]2OCc2ccccc2)cc1. The highest BCUT2D eigenvalue weighted by atomic mass is 28.4. The second kappa shape index (κ2) is 14.1. The van der Waals surface area contributed by atoms with Crippen LogP contribution in [-0.4, -0.2) is 56.3 Å². The molecule has 232 valence electrons. The van der Waals surface area contributed by atoms with Crippen molar-refractivity contribution in [2.45, 2.75) is 104 Å². The van der Waals surface area contributed by atoms with Gasteiger partial charge < -0.3 is 24.1 Å². The minimum atomic E-state index is -2.08. The lowest BCUT2D eigenvalue weighted by atomic mass is 9.99. The van der Waals surface area contributed by atoms with Gasteiger partial charge in [-0.3, -0.25) is 4.79 Å². The molecule has 2 aromatic rings. The van der Waals surface area contributed by atoms with Crippen molar-refractivity contribution in [3.63, 3.8) is 0 Å². The molecule has 0 bridgehead atoms. The highest BCUT2D eigenvalue weighted by molar-refractivity contribution is 6.75. The summed E-state index contributed by atoms with van der Waals surface area (Å²) in [4.78, 5) is 31.4. The fraction of sp³-hybridized carbons (Fsp3) is 0.576. The van der Waals surface area contributed by atoms with Crippen LogP contribution in [-0.2, 0) is 20.9 Å². The van der Waals surface area contributed by atoms with Crippen LogP contribution in [0.5, 0.6) is 5.75 Å². The van der Waals surface area contributed by atoms with Gasteiger partial charge in [-0.25, -0.2) is 4.79 Å². The number of rotatable bonds is 10. The lowest BCUT2D eigenvalue weighted by Crippen LogP contribution is -2.50. The number of carbonyl (C=O) groups is 2. The quantitative estimate of drug-likeness (QED) is 0.226. The molecule has 3 rings (SSSR count). The van der Waals surface area contributed by atoms with Crippen LogP contribution in [0.25, 0.3) is 0 Å². The molecular formula is C33H50N2O6Si. The third-order valence-corrected chi connectivity index (χ3v) is 12.9. The maximum atomic E-state index is 13.5. The van der Waals surface area contributed by atoms with Crippen LogP contribution in [0, 0.1) is 5.92 Å². The average Bonchev–Trinajstić information content (AvgIpc) is 3.08. The minimum absolute atomic E-state index is 0.0740. The number of hydroxylamine groups is 2. The van der Waals surface area contributed by atoms with Crippen molar-refractivity contribution in [2.24, 2.45) is 5.92 Å². The molecule has 2 atom stereocenters. The fourth-order valence-electron chi connectivity index (χ4n) is 4.72. The summed E-state index contributed by atoms with van der Waals surface area (Å²) in [7, 11) is -2.08. The van der Waals surface area contributed by atoms with E-state index in [9.17, 15) is 9.59 Å². The molecule has 0 saturated carbocycles. The van der Waals surface area contributed by atoms with Crippen LogP contribution >= 0.6 is 0 Å². The minimum Gasteiger partial charge on any atom is -0.543 e. The zero-order chi connectivity index (χ0) is 31.1. The van der Waals surface area contributed by atoms with Crippen LogP contribution < -0.4 is 9.74 Å². The number of ether oxygens (including phenoxy) is 2. The van der Waals surface area contributed by atoms with Crippen molar-refractivity contribution in [1.82, 2.24) is 10.4 Å². The van der Waals surface area contributed by atoms with Gasteiger partial charge in [0.1, 0.15) is 11.4 Å². The Kier molecular flexibility index (Phi) is 11.3. The third-order valence-electron chi connectivity index (χ3n) is 8.45. The van der Waals surface area contributed by atoms with Crippen LogP contribution in [0.4, 0.5) is 4.79 Å². The number of hydrogen-bond acceptors (Lipinski definition) is 7. The number of amides is 1. The summed E-state index contributed by atoms with van der Waals surface area (Å²) >= 11 is 0. The van der Waals surface area contributed by atoms with E-state index in [1.54, 1.807) is 38.0 Å². The van der Waals surface area contributed by atoms with Gasteiger partial charge >= 0.3 is 6.16 Å². The van der Waals surface area contributed by atoms with Crippen molar-refractivity contribution in [2.75, 3.05) is 13.1 Å². The standard InChI is InChI=1S/C33H50N2O6Si/c1-24(2)33(6,7)42(8,9)41-27-19-17-26(18-20-27)30(36)34-28-22-35(40-31(37)39-32(3,4)5)21-13-16-29(28)38-23-25-14-11-10-12-15-25/h10-12,14-15,17-20,24,28-29H,13,16,21-23H2,1-9H3,(H,34,36)/t28-,29-/m1/s1. The monoisotopic (exact) mass is 598 g/mol. The van der Waals surface area contributed by atoms with E-state index < -0.39 is 26.1 Å². The molecule has 2 aromatic carbocycles. The molecule has 0 aliphatic carbocycles. The van der Waals surface area contributed by atoms with Gasteiger partial charge in [0, 0.05) is 12.1 Å². The Hall–Kier alpha value is -2.88. The molecule has 1 aliphatic rings. The zero-order valence-electron chi connectivity index (χ0n) is 26.9. The molecule has 1 saturated heterocycles. The number of hydrogen-bond donors (Lipinski definition) is 1. The first-order valence-corrected chi connectivity index (χ1v) is 17.9. The molecule has 0 unspecified atom stereocenters. The number of carbonyl (C=O) groups excluding carboxylic acids is 2. The lowest BCUT2D eigenvalue weighted by molar-refractivity contribution is -0.145. The number of nitrogens with one attached hydrogen (secondary N) is 1. The molecule has 42 heavy (non-hydrogen) atoms. The third kappa shape index (κ3) is 9.57. The Labute approximate surface area is 253 Å². The van der Waals surface area contributed by atoms with E-state index in [4.69, 9.17) is 18.7 Å². The summed E-state index contributed by atoms with van der Waals surface area (Å²) in [5.74, 6) is 1.03. The molecule has 0 radical (unpaired) electrons. The van der Waals surface area contributed by atoms with Crippen molar-refractivity contribution >= 4 is 20.4 Å². The highest BCUT2D eigenvalue weighted by Crippen LogP contribution is 2.44. The van der Waals surface area contributed by atoms with Crippen LogP contribution in [0.2, 0.25) is 18.1 Å². The summed E-state index contributed by atoms with van der Waals surface area (Å²) in [6.45, 7) is 20.0. The Morgan fingerprint density at radius 1 is 1.00 bits per heavy atom.